The number of likely N-dealkylation sites (N-methyl/N-ethyl adjacent to an activating group) is 1. The van der Waals surface area contributed by atoms with Gasteiger partial charge in [-0.15, -0.1) is 11.3 Å². The van der Waals surface area contributed by atoms with E-state index in [9.17, 15) is 9.90 Å². The van der Waals surface area contributed by atoms with E-state index in [1.807, 2.05) is 51.2 Å². The number of nitrogens with zero attached hydrogens (tertiary/aromatic N) is 2. The average molecular weight is 761 g/mol. The lowest BCUT2D eigenvalue weighted by molar-refractivity contribution is 0.0190. The van der Waals surface area contributed by atoms with E-state index in [0.717, 1.165) is 60.8 Å². The van der Waals surface area contributed by atoms with Crippen molar-refractivity contribution in [2.24, 2.45) is 0 Å². The average Bonchev–Trinajstić information content (AvgIpc) is 3.69. The van der Waals surface area contributed by atoms with Crippen molar-refractivity contribution in [2.75, 3.05) is 46.3 Å². The number of ether oxygens (including phenoxy) is 2. The summed E-state index contributed by atoms with van der Waals surface area (Å²) in [6, 6.07) is 10.4. The monoisotopic (exact) mass is 760 g/mol. The van der Waals surface area contributed by atoms with E-state index in [0.29, 0.717) is 12.5 Å². The van der Waals surface area contributed by atoms with Crippen LogP contribution in [0.4, 0.5) is 5.69 Å². The zero-order valence-electron chi connectivity index (χ0n) is 33.6. The maximum Gasteiger partial charge on any atom is 0.261 e. The number of allylic oxidation sites excluding steroid dienone is 1. The molecule has 3 aromatic rings. The molecule has 4 N–H and O–H groups in total. The van der Waals surface area contributed by atoms with Crippen LogP contribution in [0.25, 0.3) is 16.3 Å². The number of aliphatic hydroxyl groups is 2. The van der Waals surface area contributed by atoms with E-state index in [2.05, 4.69) is 56.2 Å². The molecule has 0 spiro atoms. The van der Waals surface area contributed by atoms with Gasteiger partial charge in [-0.3, -0.25) is 9.69 Å². The fraction of sp³-hybridized carbons (Fsp3) is 0.568. The van der Waals surface area contributed by atoms with Gasteiger partial charge in [0, 0.05) is 57.2 Å². The number of fused-ring (bicyclic) bond motifs is 5. The van der Waals surface area contributed by atoms with Crippen LogP contribution in [0.2, 0.25) is 0 Å². The first-order valence-corrected chi connectivity index (χ1v) is 20.9. The number of amides is 1. The Bertz CT molecular complexity index is 1740. The van der Waals surface area contributed by atoms with Gasteiger partial charge < -0.3 is 34.9 Å². The van der Waals surface area contributed by atoms with Crippen LogP contribution in [0.1, 0.15) is 117 Å². The molecule has 0 saturated heterocycles. The highest BCUT2D eigenvalue weighted by Crippen LogP contribution is 2.48. The Morgan fingerprint density at radius 3 is 2.33 bits per heavy atom. The molecule has 2 fully saturated rings. The summed E-state index contributed by atoms with van der Waals surface area (Å²) in [6.45, 7) is 10.9. The number of hydrogen-bond acceptors (Lipinski definition) is 8. The molecule has 1 aromatic carbocycles. The lowest BCUT2D eigenvalue weighted by Gasteiger charge is -2.44. The Morgan fingerprint density at radius 2 is 1.76 bits per heavy atom. The van der Waals surface area contributed by atoms with Gasteiger partial charge in [-0.25, -0.2) is 0 Å². The highest BCUT2D eigenvalue weighted by molar-refractivity contribution is 7.21. The molecule has 1 amide bonds. The van der Waals surface area contributed by atoms with E-state index >= 15 is 0 Å². The fourth-order valence-electron chi connectivity index (χ4n) is 8.13. The third-order valence-corrected chi connectivity index (χ3v) is 12.7. The number of aromatic nitrogens is 1. The lowest BCUT2D eigenvalue weighted by Crippen LogP contribution is -2.60. The van der Waals surface area contributed by atoms with Crippen molar-refractivity contribution >= 4 is 39.2 Å². The topological polar surface area (TPSA) is 108 Å². The summed E-state index contributed by atoms with van der Waals surface area (Å²) in [4.78, 5) is 16.7. The second-order valence-corrected chi connectivity index (χ2v) is 16.2. The predicted molar refractivity (Wildman–Crippen MR) is 224 cm³/mol. The minimum absolute atomic E-state index is 0.0313. The SMILES string of the molecule is CCOC.CCOC1=CC2C(C=C1)c1c(C3CCCCC3)c3sc(C(=O)NC4(C(C)O)CCC4)cc3n1CCN2C.CNc1ccc(/C=C/C(C)O)cc1. The number of rotatable bonds is 10. The molecule has 2 aromatic heterocycles. The summed E-state index contributed by atoms with van der Waals surface area (Å²) >= 11 is 1.67. The van der Waals surface area contributed by atoms with Gasteiger partial charge in [-0.1, -0.05) is 49.6 Å². The molecule has 9 nitrogen and oxygen atoms in total. The molecule has 4 aliphatic rings. The lowest BCUT2D eigenvalue weighted by atomic mass is 9.73. The van der Waals surface area contributed by atoms with Crippen LogP contribution in [0.5, 0.6) is 0 Å². The van der Waals surface area contributed by atoms with Crippen LogP contribution < -0.4 is 10.6 Å². The summed E-state index contributed by atoms with van der Waals surface area (Å²) < 4.78 is 14.3. The fourth-order valence-corrected chi connectivity index (χ4v) is 9.32. The Kier molecular flexibility index (Phi) is 15.0. The largest absolute Gasteiger partial charge is 0.494 e. The molecule has 2 saturated carbocycles. The van der Waals surface area contributed by atoms with Gasteiger partial charge in [-0.2, -0.15) is 0 Å². The zero-order chi connectivity index (χ0) is 38.8. The van der Waals surface area contributed by atoms with E-state index in [1.165, 1.54) is 53.6 Å². The maximum atomic E-state index is 13.5. The highest BCUT2D eigenvalue weighted by atomic mass is 32.1. The van der Waals surface area contributed by atoms with E-state index < -0.39 is 11.6 Å². The molecule has 0 radical (unpaired) electrons. The Morgan fingerprint density at radius 1 is 1.06 bits per heavy atom. The number of carbonyl (C=O) groups is 1. The van der Waals surface area contributed by atoms with Crippen molar-refractivity contribution in [1.29, 1.82) is 0 Å². The van der Waals surface area contributed by atoms with Crippen LogP contribution in [0.3, 0.4) is 0 Å². The first-order valence-electron chi connectivity index (χ1n) is 20.1. The second-order valence-electron chi connectivity index (χ2n) is 15.2. The Hall–Kier alpha value is -3.41. The number of anilines is 1. The van der Waals surface area contributed by atoms with Crippen LogP contribution >= 0.6 is 11.3 Å². The first kappa shape index (κ1) is 41.7. The Labute approximate surface area is 327 Å². The van der Waals surface area contributed by atoms with E-state index in [4.69, 9.17) is 9.84 Å². The summed E-state index contributed by atoms with van der Waals surface area (Å²) in [6.07, 6.45) is 18.7. The van der Waals surface area contributed by atoms with Gasteiger partial charge in [-0.05, 0) is 114 Å². The van der Waals surface area contributed by atoms with Crippen molar-refractivity contribution in [2.45, 2.75) is 121 Å². The molecular weight excluding hydrogens is 697 g/mol. The predicted octanol–water partition coefficient (Wildman–Crippen LogP) is 8.45. The van der Waals surface area contributed by atoms with Crippen molar-refractivity contribution in [3.05, 3.63) is 82.1 Å². The number of carbonyl (C=O) groups excluding carboxylic acids is 1. The summed E-state index contributed by atoms with van der Waals surface area (Å²) in [5, 5.41) is 25.7. The van der Waals surface area contributed by atoms with Crippen molar-refractivity contribution in [3.63, 3.8) is 0 Å². The quantitative estimate of drug-likeness (QED) is 0.164. The number of thiophene rings is 1. The smallest absolute Gasteiger partial charge is 0.261 e. The molecule has 3 heterocycles. The van der Waals surface area contributed by atoms with Gasteiger partial charge in [0.1, 0.15) is 5.76 Å². The van der Waals surface area contributed by atoms with Gasteiger partial charge in [0.05, 0.1) is 39.4 Å². The summed E-state index contributed by atoms with van der Waals surface area (Å²) in [5.41, 5.74) is 5.89. The number of methoxy groups -OCH3 is 1. The molecule has 296 valence electrons. The second kappa shape index (κ2) is 19.4. The van der Waals surface area contributed by atoms with Crippen LogP contribution in [0.15, 0.2) is 60.4 Å². The molecule has 4 unspecified atom stereocenters. The third kappa shape index (κ3) is 9.69. The van der Waals surface area contributed by atoms with Gasteiger partial charge >= 0.3 is 0 Å². The number of nitrogens with one attached hydrogen (secondary N) is 2. The van der Waals surface area contributed by atoms with Gasteiger partial charge in [0.2, 0.25) is 0 Å². The number of aliphatic hydroxyl groups excluding tert-OH is 2. The van der Waals surface area contributed by atoms with E-state index in [-0.39, 0.29) is 24.0 Å². The minimum atomic E-state index is -0.535. The molecule has 4 atom stereocenters. The minimum Gasteiger partial charge on any atom is -0.494 e. The molecular formula is C44H64N4O5S. The summed E-state index contributed by atoms with van der Waals surface area (Å²) in [7, 11) is 5.79. The standard InChI is InChI=1S/C30H41N3O3S.C11H15NO.C3H8O/c1-4-36-21-11-12-22-23(17-21)32(3)15-16-33-24-18-25(29(35)31-30(19(2)34)13-8-14-30)37-28(24)26(27(22)33)20-9-6-5-7-10-20;1-9(13)3-4-10-5-7-11(12-2)8-6-10;1-3-4-2/h11-12,17-20,22-23,34H,4-10,13-16H2,1-3H3,(H,31,35);3-9,12-13H,1-2H3;3H2,1-2H3/b;4-3+;. The molecule has 10 heteroatoms. The first-order chi connectivity index (χ1) is 26.0. The molecule has 7 rings (SSSR count). The molecule has 54 heavy (non-hydrogen) atoms. The molecule has 1 aliphatic heterocycles. The maximum absolute atomic E-state index is 13.5. The van der Waals surface area contributed by atoms with Crippen LogP contribution in [-0.4, -0.2) is 90.3 Å². The van der Waals surface area contributed by atoms with Crippen molar-refractivity contribution in [3.8, 4) is 0 Å². The number of hydrogen-bond donors (Lipinski definition) is 4. The van der Waals surface area contributed by atoms with Crippen molar-refractivity contribution in [1.82, 2.24) is 14.8 Å². The number of benzene rings is 1. The van der Waals surface area contributed by atoms with E-state index in [1.54, 1.807) is 38.4 Å². The Balaban J connectivity index is 0.000000275. The van der Waals surface area contributed by atoms with Crippen LogP contribution in [0, 0.1) is 0 Å². The van der Waals surface area contributed by atoms with Crippen LogP contribution in [-0.2, 0) is 16.0 Å². The third-order valence-electron chi connectivity index (χ3n) is 11.5. The zero-order valence-corrected chi connectivity index (χ0v) is 34.4. The summed E-state index contributed by atoms with van der Waals surface area (Å²) in [5.74, 6) is 1.76. The molecule has 0 bridgehead atoms. The normalized spacial score (nSPS) is 21.9. The van der Waals surface area contributed by atoms with Gasteiger partial charge in [0.15, 0.2) is 0 Å². The van der Waals surface area contributed by atoms with Gasteiger partial charge in [0.25, 0.3) is 5.91 Å². The molecule has 3 aliphatic carbocycles. The highest BCUT2D eigenvalue weighted by Gasteiger charge is 2.43. The van der Waals surface area contributed by atoms with Crippen molar-refractivity contribution < 1.29 is 24.5 Å².